The topological polar surface area (TPSA) is 38.3 Å². The lowest BCUT2D eigenvalue weighted by atomic mass is 10.1. The molecular formula is C21H17Cl2NO2. The van der Waals surface area contributed by atoms with Crippen LogP contribution in [0.25, 0.3) is 0 Å². The van der Waals surface area contributed by atoms with Gasteiger partial charge in [-0.1, -0.05) is 89.9 Å². The van der Waals surface area contributed by atoms with Crippen LogP contribution in [0.1, 0.15) is 17.2 Å². The van der Waals surface area contributed by atoms with Gasteiger partial charge in [0.15, 0.2) is 6.04 Å². The van der Waals surface area contributed by atoms with Gasteiger partial charge >= 0.3 is 5.97 Å². The van der Waals surface area contributed by atoms with Crippen molar-refractivity contribution in [3.05, 3.63) is 100 Å². The highest BCUT2D eigenvalue weighted by molar-refractivity contribution is 6.39. The summed E-state index contributed by atoms with van der Waals surface area (Å²) in [5.41, 5.74) is 2.19. The van der Waals surface area contributed by atoms with Crippen LogP contribution in [0.2, 0.25) is 10.0 Å². The van der Waals surface area contributed by atoms with Crippen molar-refractivity contribution < 1.29 is 9.53 Å². The van der Waals surface area contributed by atoms with Crippen molar-refractivity contribution in [3.8, 4) is 0 Å². The van der Waals surface area contributed by atoms with Crippen LogP contribution in [0.3, 0.4) is 0 Å². The summed E-state index contributed by atoms with van der Waals surface area (Å²) >= 11 is 12.5. The maximum Gasteiger partial charge on any atom is 0.333 e. The minimum atomic E-state index is -0.725. The van der Waals surface area contributed by atoms with Gasteiger partial charge in [0.05, 0.1) is 15.7 Å². The third-order valence-electron chi connectivity index (χ3n) is 3.84. The van der Waals surface area contributed by atoms with Crippen molar-refractivity contribution in [1.82, 2.24) is 0 Å². The Bertz CT molecular complexity index is 849. The van der Waals surface area contributed by atoms with Crippen LogP contribution in [0.5, 0.6) is 0 Å². The Kier molecular flexibility index (Phi) is 6.16. The summed E-state index contributed by atoms with van der Waals surface area (Å²) in [5.74, 6) is -0.406. The van der Waals surface area contributed by atoms with Gasteiger partial charge in [-0.3, -0.25) is 0 Å². The Hall–Kier alpha value is -2.49. The molecule has 0 amide bonds. The number of carbonyl (C=O) groups is 1. The number of hydrogen-bond acceptors (Lipinski definition) is 3. The second-order valence-electron chi connectivity index (χ2n) is 5.68. The van der Waals surface area contributed by atoms with Gasteiger partial charge in [-0.25, -0.2) is 4.79 Å². The smallest absolute Gasteiger partial charge is 0.333 e. The summed E-state index contributed by atoms with van der Waals surface area (Å²) in [6.07, 6.45) is 0. The SMILES string of the molecule is O=C(OCc1ccccc1)C(Nc1c(Cl)cccc1Cl)c1ccccc1. The van der Waals surface area contributed by atoms with E-state index in [1.165, 1.54) is 0 Å². The zero-order valence-electron chi connectivity index (χ0n) is 13.9. The van der Waals surface area contributed by atoms with Gasteiger partial charge in [-0.05, 0) is 23.3 Å². The number of para-hydroxylation sites is 1. The van der Waals surface area contributed by atoms with Gasteiger partial charge in [-0.2, -0.15) is 0 Å². The van der Waals surface area contributed by atoms with Crippen molar-refractivity contribution in [2.24, 2.45) is 0 Å². The van der Waals surface area contributed by atoms with E-state index in [9.17, 15) is 4.79 Å². The molecule has 1 N–H and O–H groups in total. The number of halogens is 2. The molecule has 5 heteroatoms. The minimum Gasteiger partial charge on any atom is -0.459 e. The molecule has 0 aliphatic carbocycles. The number of nitrogens with one attached hydrogen (secondary N) is 1. The van der Waals surface area contributed by atoms with E-state index in [1.54, 1.807) is 18.2 Å². The van der Waals surface area contributed by atoms with Crippen LogP contribution in [-0.2, 0) is 16.1 Å². The molecule has 26 heavy (non-hydrogen) atoms. The summed E-state index contributed by atoms with van der Waals surface area (Å²) in [6.45, 7) is 0.195. The second kappa shape index (κ2) is 8.75. The molecule has 0 saturated carbocycles. The van der Waals surface area contributed by atoms with Crippen LogP contribution >= 0.6 is 23.2 Å². The van der Waals surface area contributed by atoms with Gasteiger partial charge in [0.1, 0.15) is 6.61 Å². The van der Waals surface area contributed by atoms with Crippen LogP contribution in [0.4, 0.5) is 5.69 Å². The Balaban J connectivity index is 1.83. The summed E-state index contributed by atoms with van der Waals surface area (Å²) in [5, 5.41) is 4.01. The minimum absolute atomic E-state index is 0.195. The molecule has 0 spiro atoms. The maximum atomic E-state index is 12.8. The molecule has 1 atom stereocenters. The zero-order valence-corrected chi connectivity index (χ0v) is 15.4. The number of benzene rings is 3. The fraction of sp³-hybridized carbons (Fsp3) is 0.0952. The van der Waals surface area contributed by atoms with Crippen LogP contribution in [0.15, 0.2) is 78.9 Å². The van der Waals surface area contributed by atoms with Crippen LogP contribution in [0, 0.1) is 0 Å². The molecule has 0 radical (unpaired) electrons. The predicted molar refractivity (Wildman–Crippen MR) is 106 cm³/mol. The fourth-order valence-electron chi connectivity index (χ4n) is 2.52. The van der Waals surface area contributed by atoms with Gasteiger partial charge in [-0.15, -0.1) is 0 Å². The lowest BCUT2D eigenvalue weighted by molar-refractivity contribution is -0.146. The van der Waals surface area contributed by atoms with E-state index in [0.29, 0.717) is 15.7 Å². The lowest BCUT2D eigenvalue weighted by Gasteiger charge is -2.20. The molecule has 0 saturated heterocycles. The molecule has 3 nitrogen and oxygen atoms in total. The quantitative estimate of drug-likeness (QED) is 0.537. The molecule has 132 valence electrons. The molecular weight excluding hydrogens is 369 g/mol. The Morgan fingerprint density at radius 3 is 2.04 bits per heavy atom. The molecule has 1 unspecified atom stereocenters. The molecule has 3 rings (SSSR count). The highest BCUT2D eigenvalue weighted by Gasteiger charge is 2.24. The van der Waals surface area contributed by atoms with Crippen molar-refractivity contribution in [1.29, 1.82) is 0 Å². The standard InChI is InChI=1S/C21H17Cl2NO2/c22-17-12-7-13-18(23)20(17)24-19(16-10-5-2-6-11-16)21(25)26-14-15-8-3-1-4-9-15/h1-13,19,24H,14H2. The second-order valence-corrected chi connectivity index (χ2v) is 6.49. The first-order valence-electron chi connectivity index (χ1n) is 8.11. The highest BCUT2D eigenvalue weighted by Crippen LogP contribution is 2.33. The largest absolute Gasteiger partial charge is 0.459 e. The molecule has 0 bridgehead atoms. The zero-order chi connectivity index (χ0) is 18.4. The monoisotopic (exact) mass is 385 g/mol. The third kappa shape index (κ3) is 4.57. The molecule has 0 aliphatic heterocycles. The van der Waals surface area contributed by atoms with Gasteiger partial charge < -0.3 is 10.1 Å². The van der Waals surface area contributed by atoms with E-state index in [-0.39, 0.29) is 6.61 Å². The average molecular weight is 386 g/mol. The lowest BCUT2D eigenvalue weighted by Crippen LogP contribution is -2.23. The predicted octanol–water partition coefficient (Wildman–Crippen LogP) is 5.89. The molecule has 0 aromatic heterocycles. The fourth-order valence-corrected chi connectivity index (χ4v) is 3.02. The average Bonchev–Trinajstić information content (AvgIpc) is 2.67. The number of carbonyl (C=O) groups excluding carboxylic acids is 1. The van der Waals surface area contributed by atoms with Crippen molar-refractivity contribution in [2.75, 3.05) is 5.32 Å². The van der Waals surface area contributed by atoms with E-state index in [4.69, 9.17) is 27.9 Å². The number of esters is 1. The van der Waals surface area contributed by atoms with Crippen LogP contribution < -0.4 is 5.32 Å². The summed E-state index contributed by atoms with van der Waals surface area (Å²) < 4.78 is 5.51. The van der Waals surface area contributed by atoms with E-state index < -0.39 is 12.0 Å². The van der Waals surface area contributed by atoms with Gasteiger partial charge in [0.2, 0.25) is 0 Å². The van der Waals surface area contributed by atoms with Crippen LogP contribution in [-0.4, -0.2) is 5.97 Å². The highest BCUT2D eigenvalue weighted by atomic mass is 35.5. The Morgan fingerprint density at radius 1 is 0.846 bits per heavy atom. The molecule has 3 aromatic carbocycles. The first-order chi connectivity index (χ1) is 12.6. The van der Waals surface area contributed by atoms with Crippen molar-refractivity contribution in [2.45, 2.75) is 12.6 Å². The molecule has 0 fully saturated rings. The van der Waals surface area contributed by atoms with Gasteiger partial charge in [0.25, 0.3) is 0 Å². The Labute approximate surface area is 162 Å². The molecule has 3 aromatic rings. The summed E-state index contributed by atoms with van der Waals surface area (Å²) in [4.78, 5) is 12.8. The van der Waals surface area contributed by atoms with Gasteiger partial charge in [0, 0.05) is 0 Å². The normalized spacial score (nSPS) is 11.6. The van der Waals surface area contributed by atoms with E-state index in [0.717, 1.165) is 11.1 Å². The number of hydrogen-bond donors (Lipinski definition) is 1. The van der Waals surface area contributed by atoms with E-state index in [1.807, 2.05) is 60.7 Å². The first-order valence-corrected chi connectivity index (χ1v) is 8.87. The molecule has 0 heterocycles. The van der Waals surface area contributed by atoms with Crippen molar-refractivity contribution >= 4 is 34.9 Å². The third-order valence-corrected chi connectivity index (χ3v) is 4.47. The summed E-state index contributed by atoms with van der Waals surface area (Å²) in [7, 11) is 0. The van der Waals surface area contributed by atoms with E-state index in [2.05, 4.69) is 5.32 Å². The molecule has 0 aliphatic rings. The van der Waals surface area contributed by atoms with E-state index >= 15 is 0 Å². The summed E-state index contributed by atoms with van der Waals surface area (Å²) in [6, 6.07) is 23.3. The maximum absolute atomic E-state index is 12.8. The Morgan fingerprint density at radius 2 is 1.42 bits per heavy atom. The first kappa shape index (κ1) is 18.3. The number of rotatable bonds is 6. The van der Waals surface area contributed by atoms with Crippen molar-refractivity contribution in [3.63, 3.8) is 0 Å². The number of ether oxygens (including phenoxy) is 1. The number of anilines is 1.